The van der Waals surface area contributed by atoms with E-state index in [2.05, 4.69) is 4.74 Å². The summed E-state index contributed by atoms with van der Waals surface area (Å²) >= 11 is 0. The summed E-state index contributed by atoms with van der Waals surface area (Å²) in [6.07, 6.45) is 8.76. The second-order valence-corrected chi connectivity index (χ2v) is 6.52. The molecule has 1 aliphatic rings. The van der Waals surface area contributed by atoms with Crippen molar-refractivity contribution >= 4 is 12.1 Å². The Morgan fingerprint density at radius 3 is 2.81 bits per heavy atom. The molecule has 1 saturated heterocycles. The first-order valence-corrected chi connectivity index (χ1v) is 9.27. The van der Waals surface area contributed by atoms with Gasteiger partial charge in [-0.15, -0.1) is 0 Å². The zero-order valence-corrected chi connectivity index (χ0v) is 15.4. The summed E-state index contributed by atoms with van der Waals surface area (Å²) in [5.41, 5.74) is 1.07. The van der Waals surface area contributed by atoms with Crippen molar-refractivity contribution in [3.8, 4) is 0 Å². The molecule has 6 nitrogen and oxygen atoms in total. The number of carboxylic acid groups (broad SMARTS) is 1. The Morgan fingerprint density at radius 2 is 2.07 bits per heavy atom. The molecule has 0 spiro atoms. The van der Waals surface area contributed by atoms with Crippen LogP contribution in [0.1, 0.15) is 31.2 Å². The van der Waals surface area contributed by atoms with Crippen LogP contribution in [0.4, 0.5) is 4.79 Å². The highest BCUT2D eigenvalue weighted by Crippen LogP contribution is 2.19. The number of carbonyl (C=O) groups is 2. The minimum Gasteiger partial charge on any atom is -0.450 e. The minimum absolute atomic E-state index is 0.0309. The number of aliphatic hydroxyl groups is 1. The Morgan fingerprint density at radius 1 is 1.30 bits per heavy atom. The van der Waals surface area contributed by atoms with Gasteiger partial charge in [0.05, 0.1) is 18.8 Å². The third-order valence-corrected chi connectivity index (χ3v) is 4.43. The van der Waals surface area contributed by atoms with Crippen molar-refractivity contribution < 1.29 is 24.5 Å². The summed E-state index contributed by atoms with van der Waals surface area (Å²) in [6.45, 7) is 0.574. The van der Waals surface area contributed by atoms with Crippen molar-refractivity contribution in [2.75, 3.05) is 13.2 Å². The third-order valence-electron chi connectivity index (χ3n) is 4.43. The van der Waals surface area contributed by atoms with Gasteiger partial charge < -0.3 is 19.8 Å². The zero-order chi connectivity index (χ0) is 19.5. The fourth-order valence-electron chi connectivity index (χ4n) is 3.08. The van der Waals surface area contributed by atoms with Crippen LogP contribution in [-0.4, -0.2) is 52.5 Å². The van der Waals surface area contributed by atoms with Crippen molar-refractivity contribution in [1.29, 1.82) is 0 Å². The molecule has 0 aromatic heterocycles. The highest BCUT2D eigenvalue weighted by molar-refractivity contribution is 5.77. The first-order valence-electron chi connectivity index (χ1n) is 9.27. The fraction of sp³-hybridized carbons (Fsp3) is 0.429. The van der Waals surface area contributed by atoms with Crippen LogP contribution < -0.4 is 0 Å². The lowest BCUT2D eigenvalue weighted by Crippen LogP contribution is -2.42. The number of benzene rings is 1. The summed E-state index contributed by atoms with van der Waals surface area (Å²) in [5, 5.41) is 18.7. The number of amides is 1. The number of aliphatic hydroxyl groups excluding tert-OH is 1. The summed E-state index contributed by atoms with van der Waals surface area (Å²) in [6, 6.07) is 9.76. The average molecular weight is 373 g/mol. The lowest BCUT2D eigenvalue weighted by atomic mass is 9.99. The molecular formula is C21H27NO5. The first-order chi connectivity index (χ1) is 13.1. The fourth-order valence-corrected chi connectivity index (χ4v) is 3.08. The van der Waals surface area contributed by atoms with Crippen LogP contribution in [0.5, 0.6) is 0 Å². The van der Waals surface area contributed by atoms with Crippen molar-refractivity contribution in [3.05, 3.63) is 60.2 Å². The summed E-state index contributed by atoms with van der Waals surface area (Å²) in [4.78, 5) is 24.3. The number of hydrogen-bond donors (Lipinski definition) is 2. The Hall–Kier alpha value is -2.60. The Balaban J connectivity index is 1.85. The molecule has 6 heteroatoms. The van der Waals surface area contributed by atoms with E-state index in [1.54, 1.807) is 11.0 Å². The molecule has 0 aliphatic carbocycles. The molecule has 1 aliphatic heterocycles. The predicted molar refractivity (Wildman–Crippen MR) is 102 cm³/mol. The molecule has 2 N–H and O–H groups in total. The Kier molecular flexibility index (Phi) is 8.58. The van der Waals surface area contributed by atoms with Crippen molar-refractivity contribution in [2.45, 2.75) is 44.2 Å². The van der Waals surface area contributed by atoms with E-state index in [0.29, 0.717) is 25.8 Å². The minimum atomic E-state index is -1.28. The van der Waals surface area contributed by atoms with E-state index in [1.165, 1.54) is 0 Å². The number of likely N-dealkylation sites (tertiary alicyclic amines) is 1. The quantitative estimate of drug-likeness (QED) is 0.394. The third kappa shape index (κ3) is 7.66. The standard InChI is InChI=1S/C21H27NO5/c23-19(16-17-8-3-1-4-9-17)13-12-18-10-7-11-20(24)22(18)14-5-2-6-15-27-21(25)26/h1-5,8-9,12-13,18-19,23H,6-7,10-11,14-16H2,(H,25,26)/t18-,19?/m1/s1. The van der Waals surface area contributed by atoms with E-state index in [0.717, 1.165) is 18.4 Å². The van der Waals surface area contributed by atoms with Crippen LogP contribution in [0.3, 0.4) is 0 Å². The van der Waals surface area contributed by atoms with Gasteiger partial charge in [-0.25, -0.2) is 4.79 Å². The number of ether oxygens (including phenoxy) is 1. The first kappa shape index (κ1) is 20.7. The van der Waals surface area contributed by atoms with E-state index in [9.17, 15) is 14.7 Å². The Labute approximate surface area is 159 Å². The average Bonchev–Trinajstić information content (AvgIpc) is 2.65. The van der Waals surface area contributed by atoms with Gasteiger partial charge in [0.25, 0.3) is 0 Å². The molecule has 1 fully saturated rings. The van der Waals surface area contributed by atoms with Gasteiger partial charge in [-0.3, -0.25) is 4.79 Å². The van der Waals surface area contributed by atoms with Gasteiger partial charge in [-0.2, -0.15) is 0 Å². The predicted octanol–water partition coefficient (Wildman–Crippen LogP) is 3.17. The highest BCUT2D eigenvalue weighted by Gasteiger charge is 2.25. The van der Waals surface area contributed by atoms with Crippen LogP contribution in [-0.2, 0) is 16.0 Å². The molecule has 2 rings (SSSR count). The van der Waals surface area contributed by atoms with Crippen LogP contribution in [0.2, 0.25) is 0 Å². The van der Waals surface area contributed by atoms with Crippen LogP contribution in [0, 0.1) is 0 Å². The monoisotopic (exact) mass is 373 g/mol. The highest BCUT2D eigenvalue weighted by atomic mass is 16.7. The topological polar surface area (TPSA) is 87.1 Å². The number of nitrogens with zero attached hydrogens (tertiary/aromatic N) is 1. The van der Waals surface area contributed by atoms with E-state index in [4.69, 9.17) is 5.11 Å². The van der Waals surface area contributed by atoms with Gasteiger partial charge in [0, 0.05) is 19.4 Å². The molecule has 1 aromatic rings. The van der Waals surface area contributed by atoms with Gasteiger partial charge in [0.1, 0.15) is 0 Å². The molecule has 0 saturated carbocycles. The molecule has 0 radical (unpaired) electrons. The molecule has 1 aromatic carbocycles. The number of piperidine rings is 1. The molecule has 1 amide bonds. The molecule has 0 bridgehead atoms. The molecular weight excluding hydrogens is 346 g/mol. The maximum atomic E-state index is 12.2. The SMILES string of the molecule is O=C(O)OCCC=CCN1C(=O)CCC[C@@H]1C=CC(O)Cc1ccccc1. The smallest absolute Gasteiger partial charge is 0.450 e. The summed E-state index contributed by atoms with van der Waals surface area (Å²) in [5.74, 6) is 0.0971. The number of rotatable bonds is 9. The van der Waals surface area contributed by atoms with Crippen LogP contribution >= 0.6 is 0 Å². The van der Waals surface area contributed by atoms with Gasteiger partial charge in [0.2, 0.25) is 5.91 Å². The van der Waals surface area contributed by atoms with Crippen LogP contribution in [0.15, 0.2) is 54.6 Å². The maximum Gasteiger partial charge on any atom is 0.505 e. The largest absolute Gasteiger partial charge is 0.505 e. The molecule has 1 unspecified atom stereocenters. The van der Waals surface area contributed by atoms with Crippen molar-refractivity contribution in [1.82, 2.24) is 4.90 Å². The lowest BCUT2D eigenvalue weighted by Gasteiger charge is -2.33. The molecule has 27 heavy (non-hydrogen) atoms. The van der Waals surface area contributed by atoms with Crippen LogP contribution in [0.25, 0.3) is 0 Å². The van der Waals surface area contributed by atoms with Crippen molar-refractivity contribution in [2.24, 2.45) is 0 Å². The second-order valence-electron chi connectivity index (χ2n) is 6.52. The summed E-state index contributed by atoms with van der Waals surface area (Å²) in [7, 11) is 0. The van der Waals surface area contributed by atoms with E-state index >= 15 is 0 Å². The van der Waals surface area contributed by atoms with Gasteiger partial charge in [0.15, 0.2) is 0 Å². The molecule has 2 atom stereocenters. The lowest BCUT2D eigenvalue weighted by molar-refractivity contribution is -0.134. The normalized spacial score (nSPS) is 18.9. The van der Waals surface area contributed by atoms with Crippen molar-refractivity contribution in [3.63, 3.8) is 0 Å². The maximum absolute atomic E-state index is 12.2. The van der Waals surface area contributed by atoms with Gasteiger partial charge in [-0.05, 0) is 24.8 Å². The van der Waals surface area contributed by atoms with E-state index in [-0.39, 0.29) is 18.6 Å². The number of hydrogen-bond acceptors (Lipinski definition) is 4. The van der Waals surface area contributed by atoms with Gasteiger partial charge in [-0.1, -0.05) is 54.6 Å². The zero-order valence-electron chi connectivity index (χ0n) is 15.4. The van der Waals surface area contributed by atoms with Gasteiger partial charge >= 0.3 is 6.16 Å². The summed E-state index contributed by atoms with van der Waals surface area (Å²) < 4.78 is 4.44. The number of carbonyl (C=O) groups excluding carboxylic acids is 1. The molecule has 146 valence electrons. The van der Waals surface area contributed by atoms with E-state index < -0.39 is 12.3 Å². The Bertz CT molecular complexity index is 656. The molecule has 1 heterocycles. The van der Waals surface area contributed by atoms with E-state index in [1.807, 2.05) is 48.6 Å². The second kappa shape index (κ2) is 11.2.